The third-order valence-electron chi connectivity index (χ3n) is 5.93. The van der Waals surface area contributed by atoms with E-state index in [1.807, 2.05) is 77.0 Å². The molecule has 160 valence electrons. The molecule has 5 nitrogen and oxygen atoms in total. The van der Waals surface area contributed by atoms with Crippen molar-refractivity contribution in [3.63, 3.8) is 0 Å². The van der Waals surface area contributed by atoms with Gasteiger partial charge in [0.15, 0.2) is 5.78 Å². The Kier molecular flexibility index (Phi) is 5.45. The topological polar surface area (TPSA) is 53.5 Å². The number of carbonyl (C=O) groups is 2. The lowest BCUT2D eigenvalue weighted by atomic mass is 10.0. The number of anilines is 1. The van der Waals surface area contributed by atoms with Crippen LogP contribution < -0.4 is 4.90 Å². The first-order chi connectivity index (χ1) is 15.6. The number of hydrogen-bond acceptors (Lipinski definition) is 5. The second-order valence-electron chi connectivity index (χ2n) is 7.93. The third-order valence-corrected chi connectivity index (χ3v) is 6.82. The lowest BCUT2D eigenvalue weighted by Gasteiger charge is -2.36. The molecule has 1 aliphatic heterocycles. The van der Waals surface area contributed by atoms with Crippen LogP contribution in [0.1, 0.15) is 27.6 Å². The van der Waals surface area contributed by atoms with Crippen molar-refractivity contribution in [1.82, 2.24) is 9.88 Å². The Balaban J connectivity index is 1.38. The fourth-order valence-corrected chi connectivity index (χ4v) is 4.83. The minimum absolute atomic E-state index is 0.0491. The molecule has 1 saturated heterocycles. The smallest absolute Gasteiger partial charge is 0.254 e. The molecule has 2 aromatic heterocycles. The molecule has 0 aliphatic carbocycles. The number of thiophene rings is 1. The van der Waals surface area contributed by atoms with Crippen molar-refractivity contribution in [2.45, 2.75) is 6.92 Å². The van der Waals surface area contributed by atoms with E-state index in [4.69, 9.17) is 4.98 Å². The molecule has 1 amide bonds. The van der Waals surface area contributed by atoms with Crippen LogP contribution in [0.3, 0.4) is 0 Å². The number of Topliss-reactive ketones (excluding diaryl/α,β-unsaturated/α-hetero) is 1. The van der Waals surface area contributed by atoms with Crippen molar-refractivity contribution in [3.05, 3.63) is 83.2 Å². The van der Waals surface area contributed by atoms with Gasteiger partial charge in [-0.15, -0.1) is 11.3 Å². The summed E-state index contributed by atoms with van der Waals surface area (Å²) in [5, 5.41) is 2.91. The SMILES string of the molecule is CC(=O)c1ccc(N2CCN(C(=O)c3cc(-c4cccs4)nc4ccccc34)CC2)cc1. The van der Waals surface area contributed by atoms with Gasteiger partial charge in [0.25, 0.3) is 5.91 Å². The first-order valence-corrected chi connectivity index (χ1v) is 11.6. The number of para-hydroxylation sites is 1. The Hall–Kier alpha value is -3.51. The van der Waals surface area contributed by atoms with Crippen molar-refractivity contribution < 1.29 is 9.59 Å². The summed E-state index contributed by atoms with van der Waals surface area (Å²) in [6, 6.07) is 21.5. The highest BCUT2D eigenvalue weighted by molar-refractivity contribution is 7.13. The number of hydrogen-bond donors (Lipinski definition) is 0. The number of carbonyl (C=O) groups excluding carboxylic acids is 2. The second kappa shape index (κ2) is 8.55. The summed E-state index contributed by atoms with van der Waals surface area (Å²) in [6.45, 7) is 4.39. The maximum Gasteiger partial charge on any atom is 0.254 e. The van der Waals surface area contributed by atoms with Crippen molar-refractivity contribution in [2.24, 2.45) is 0 Å². The van der Waals surface area contributed by atoms with Gasteiger partial charge in [-0.05, 0) is 54.8 Å². The molecule has 32 heavy (non-hydrogen) atoms. The summed E-state index contributed by atoms with van der Waals surface area (Å²) in [4.78, 5) is 35.1. The zero-order valence-electron chi connectivity index (χ0n) is 17.8. The number of nitrogens with zero attached hydrogens (tertiary/aromatic N) is 3. The number of rotatable bonds is 4. The molecule has 0 N–H and O–H groups in total. The zero-order valence-corrected chi connectivity index (χ0v) is 18.6. The molecular formula is C26H23N3O2S. The maximum absolute atomic E-state index is 13.5. The molecule has 0 atom stereocenters. The average Bonchev–Trinajstić information content (AvgIpc) is 3.38. The molecule has 0 unspecified atom stereocenters. The number of piperazine rings is 1. The average molecular weight is 442 g/mol. The van der Waals surface area contributed by atoms with Crippen LogP contribution in [-0.4, -0.2) is 47.8 Å². The maximum atomic E-state index is 13.5. The molecular weight excluding hydrogens is 418 g/mol. The summed E-state index contributed by atoms with van der Waals surface area (Å²) in [6.07, 6.45) is 0. The number of fused-ring (bicyclic) bond motifs is 1. The van der Waals surface area contributed by atoms with Crippen LogP contribution in [-0.2, 0) is 0 Å². The van der Waals surface area contributed by atoms with E-state index in [-0.39, 0.29) is 11.7 Å². The summed E-state index contributed by atoms with van der Waals surface area (Å²) in [5.74, 6) is 0.117. The van der Waals surface area contributed by atoms with Gasteiger partial charge in [0.2, 0.25) is 0 Å². The quantitative estimate of drug-likeness (QED) is 0.412. The Morgan fingerprint density at radius 1 is 0.906 bits per heavy atom. The highest BCUT2D eigenvalue weighted by Gasteiger charge is 2.24. The first-order valence-electron chi connectivity index (χ1n) is 10.7. The standard InChI is InChI=1S/C26H23N3O2S/c1-18(30)19-8-10-20(11-9-19)28-12-14-29(15-13-28)26(31)22-17-24(25-7-4-16-32-25)27-23-6-3-2-5-21(22)23/h2-11,16-17H,12-15H2,1H3. The Labute approximate surface area is 190 Å². The number of ketones is 1. The number of amides is 1. The van der Waals surface area contributed by atoms with Gasteiger partial charge in [-0.1, -0.05) is 24.3 Å². The molecule has 0 bridgehead atoms. The highest BCUT2D eigenvalue weighted by Crippen LogP contribution is 2.29. The van der Waals surface area contributed by atoms with Gasteiger partial charge in [0.05, 0.1) is 21.7 Å². The molecule has 5 rings (SSSR count). The largest absolute Gasteiger partial charge is 0.368 e. The zero-order chi connectivity index (χ0) is 22.1. The normalized spacial score (nSPS) is 14.0. The molecule has 1 aliphatic rings. The molecule has 4 aromatic rings. The van der Waals surface area contributed by atoms with E-state index in [1.54, 1.807) is 18.3 Å². The summed E-state index contributed by atoms with van der Waals surface area (Å²) >= 11 is 1.63. The van der Waals surface area contributed by atoms with E-state index in [9.17, 15) is 9.59 Å². The van der Waals surface area contributed by atoms with Gasteiger partial charge in [-0.2, -0.15) is 0 Å². The Morgan fingerprint density at radius 2 is 1.66 bits per heavy atom. The Morgan fingerprint density at radius 3 is 2.34 bits per heavy atom. The van der Waals surface area contributed by atoms with E-state index >= 15 is 0 Å². The molecule has 0 spiro atoms. The predicted octanol–water partition coefficient (Wildman–Crippen LogP) is 5.13. The van der Waals surface area contributed by atoms with Crippen LogP contribution in [0.15, 0.2) is 72.1 Å². The second-order valence-corrected chi connectivity index (χ2v) is 8.88. The highest BCUT2D eigenvalue weighted by atomic mass is 32.1. The summed E-state index contributed by atoms with van der Waals surface area (Å²) in [5.41, 5.74) is 4.18. The minimum atomic E-state index is 0.0491. The first kappa shape index (κ1) is 20.4. The summed E-state index contributed by atoms with van der Waals surface area (Å²) < 4.78 is 0. The van der Waals surface area contributed by atoms with Crippen molar-refractivity contribution in [3.8, 4) is 10.6 Å². The van der Waals surface area contributed by atoms with Crippen molar-refractivity contribution in [1.29, 1.82) is 0 Å². The predicted molar refractivity (Wildman–Crippen MR) is 130 cm³/mol. The van der Waals surface area contributed by atoms with Gasteiger partial charge < -0.3 is 9.80 Å². The third kappa shape index (κ3) is 3.89. The Bertz CT molecular complexity index is 1270. The van der Waals surface area contributed by atoms with Gasteiger partial charge in [0.1, 0.15) is 0 Å². The molecule has 6 heteroatoms. The number of benzene rings is 2. The number of aromatic nitrogens is 1. The van der Waals surface area contributed by atoms with E-state index in [2.05, 4.69) is 4.90 Å². The van der Waals surface area contributed by atoms with Crippen LogP contribution >= 0.6 is 11.3 Å². The van der Waals surface area contributed by atoms with Gasteiger partial charge in [0, 0.05) is 42.8 Å². The van der Waals surface area contributed by atoms with E-state index < -0.39 is 0 Å². The molecule has 0 saturated carbocycles. The fraction of sp³-hybridized carbons (Fsp3) is 0.192. The van der Waals surface area contributed by atoms with Crippen molar-refractivity contribution in [2.75, 3.05) is 31.1 Å². The fourth-order valence-electron chi connectivity index (χ4n) is 4.15. The monoisotopic (exact) mass is 441 g/mol. The van der Waals surface area contributed by atoms with Crippen LogP contribution in [0, 0.1) is 0 Å². The molecule has 0 radical (unpaired) electrons. The minimum Gasteiger partial charge on any atom is -0.368 e. The lowest BCUT2D eigenvalue weighted by Crippen LogP contribution is -2.48. The molecule has 3 heterocycles. The molecule has 2 aromatic carbocycles. The molecule has 1 fully saturated rings. The van der Waals surface area contributed by atoms with E-state index in [1.165, 1.54) is 0 Å². The van der Waals surface area contributed by atoms with Crippen molar-refractivity contribution >= 4 is 39.6 Å². The van der Waals surface area contributed by atoms with Crippen LogP contribution in [0.4, 0.5) is 5.69 Å². The van der Waals surface area contributed by atoms with Gasteiger partial charge in [-0.3, -0.25) is 9.59 Å². The van der Waals surface area contributed by atoms with Crippen LogP contribution in [0.25, 0.3) is 21.5 Å². The lowest BCUT2D eigenvalue weighted by molar-refractivity contribution is 0.0748. The van der Waals surface area contributed by atoms with Gasteiger partial charge in [-0.25, -0.2) is 4.98 Å². The van der Waals surface area contributed by atoms with Crippen LogP contribution in [0.5, 0.6) is 0 Å². The van der Waals surface area contributed by atoms with Crippen LogP contribution in [0.2, 0.25) is 0 Å². The number of pyridine rings is 1. The van der Waals surface area contributed by atoms with E-state index in [0.29, 0.717) is 24.2 Å². The van der Waals surface area contributed by atoms with E-state index in [0.717, 1.165) is 40.3 Å². The summed E-state index contributed by atoms with van der Waals surface area (Å²) in [7, 11) is 0. The van der Waals surface area contributed by atoms with Gasteiger partial charge >= 0.3 is 0 Å².